The summed E-state index contributed by atoms with van der Waals surface area (Å²) in [6.07, 6.45) is 2.51. The molecule has 2 aliphatic rings. The highest BCUT2D eigenvalue weighted by Crippen LogP contribution is 2.50. The Morgan fingerprint density at radius 3 is 2.70 bits per heavy atom. The van der Waals surface area contributed by atoms with Crippen LogP contribution in [-0.2, 0) is 9.53 Å². The van der Waals surface area contributed by atoms with E-state index in [1.54, 1.807) is 18.2 Å². The second kappa shape index (κ2) is 8.45. The molecular formula is C23H25ClN2O4. The van der Waals surface area contributed by atoms with Crippen LogP contribution in [0.3, 0.4) is 0 Å². The van der Waals surface area contributed by atoms with Gasteiger partial charge in [-0.3, -0.25) is 4.79 Å². The predicted octanol–water partition coefficient (Wildman–Crippen LogP) is 4.75. The van der Waals surface area contributed by atoms with E-state index in [4.69, 9.17) is 31.5 Å². The molecule has 0 radical (unpaired) electrons. The van der Waals surface area contributed by atoms with E-state index in [0.29, 0.717) is 52.9 Å². The van der Waals surface area contributed by atoms with E-state index in [-0.39, 0.29) is 29.3 Å². The molecule has 0 unspecified atom stereocenters. The van der Waals surface area contributed by atoms with Crippen LogP contribution >= 0.6 is 11.6 Å². The largest absolute Gasteiger partial charge is 0.490 e. The molecule has 30 heavy (non-hydrogen) atoms. The zero-order chi connectivity index (χ0) is 22.1. The van der Waals surface area contributed by atoms with Crippen LogP contribution in [-0.4, -0.2) is 19.0 Å². The lowest BCUT2D eigenvalue weighted by atomic mass is 9.70. The molecule has 0 saturated heterocycles. The number of rotatable bonds is 6. The fraction of sp³-hybridized carbons (Fsp3) is 0.391. The maximum Gasteiger partial charge on any atom is 0.205 e. The van der Waals surface area contributed by atoms with Crippen LogP contribution in [0, 0.1) is 16.7 Å². The highest BCUT2D eigenvalue weighted by atomic mass is 35.5. The molecule has 7 heteroatoms. The minimum absolute atomic E-state index is 0.00670. The lowest BCUT2D eigenvalue weighted by Crippen LogP contribution is -2.33. The first kappa shape index (κ1) is 21.8. The smallest absolute Gasteiger partial charge is 0.205 e. The van der Waals surface area contributed by atoms with E-state index in [0.717, 1.165) is 0 Å². The zero-order valence-corrected chi connectivity index (χ0v) is 18.1. The molecule has 0 fully saturated rings. The second-order valence-electron chi connectivity index (χ2n) is 8.06. The van der Waals surface area contributed by atoms with Gasteiger partial charge >= 0.3 is 0 Å². The van der Waals surface area contributed by atoms with Gasteiger partial charge in [-0.1, -0.05) is 38.1 Å². The number of hydrogen-bond acceptors (Lipinski definition) is 6. The lowest BCUT2D eigenvalue weighted by molar-refractivity contribution is -0.119. The van der Waals surface area contributed by atoms with E-state index in [2.05, 4.69) is 12.6 Å². The average Bonchev–Trinajstić information content (AvgIpc) is 2.66. The third-order valence-electron chi connectivity index (χ3n) is 5.11. The normalized spacial score (nSPS) is 20.2. The van der Waals surface area contributed by atoms with Gasteiger partial charge in [0.2, 0.25) is 5.88 Å². The van der Waals surface area contributed by atoms with E-state index < -0.39 is 5.92 Å². The molecule has 0 spiro atoms. The molecule has 0 aromatic heterocycles. The third kappa shape index (κ3) is 4.03. The number of ether oxygens (including phenoxy) is 3. The maximum absolute atomic E-state index is 13.1. The monoisotopic (exact) mass is 428 g/mol. The van der Waals surface area contributed by atoms with Crippen molar-refractivity contribution in [3.63, 3.8) is 0 Å². The molecule has 1 aliphatic carbocycles. The van der Waals surface area contributed by atoms with Gasteiger partial charge in [0.1, 0.15) is 24.0 Å². The summed E-state index contributed by atoms with van der Waals surface area (Å²) in [4.78, 5) is 13.1. The summed E-state index contributed by atoms with van der Waals surface area (Å²) in [6.45, 7) is 10.2. The van der Waals surface area contributed by atoms with Gasteiger partial charge in [0.25, 0.3) is 0 Å². The van der Waals surface area contributed by atoms with Gasteiger partial charge in [0.05, 0.1) is 12.5 Å². The van der Waals surface area contributed by atoms with E-state index in [9.17, 15) is 10.1 Å². The van der Waals surface area contributed by atoms with Gasteiger partial charge in [-0.15, -0.1) is 0 Å². The molecule has 1 atom stereocenters. The summed E-state index contributed by atoms with van der Waals surface area (Å²) < 4.78 is 17.1. The van der Waals surface area contributed by atoms with E-state index >= 15 is 0 Å². The van der Waals surface area contributed by atoms with Gasteiger partial charge in [0, 0.05) is 29.5 Å². The lowest BCUT2D eigenvalue weighted by Gasteiger charge is -2.37. The Bertz CT molecular complexity index is 1000. The van der Waals surface area contributed by atoms with E-state index in [1.807, 2.05) is 20.8 Å². The fourth-order valence-corrected chi connectivity index (χ4v) is 4.16. The predicted molar refractivity (Wildman–Crippen MR) is 114 cm³/mol. The second-order valence-corrected chi connectivity index (χ2v) is 8.46. The highest BCUT2D eigenvalue weighted by molar-refractivity contribution is 6.31. The van der Waals surface area contributed by atoms with Crippen molar-refractivity contribution >= 4 is 17.4 Å². The summed E-state index contributed by atoms with van der Waals surface area (Å²) in [7, 11) is 0. The Labute approximate surface area is 181 Å². The van der Waals surface area contributed by atoms with Crippen molar-refractivity contribution < 1.29 is 19.0 Å². The van der Waals surface area contributed by atoms with Crippen LogP contribution in [0.1, 0.15) is 45.1 Å². The summed E-state index contributed by atoms with van der Waals surface area (Å²) in [5.74, 6) is 0.617. The van der Waals surface area contributed by atoms with Gasteiger partial charge < -0.3 is 19.9 Å². The van der Waals surface area contributed by atoms with Crippen molar-refractivity contribution in [2.45, 2.75) is 39.5 Å². The summed E-state index contributed by atoms with van der Waals surface area (Å²) in [5.41, 5.74) is 6.97. The topological polar surface area (TPSA) is 94.6 Å². The van der Waals surface area contributed by atoms with E-state index in [1.165, 1.54) is 0 Å². The number of ketones is 1. The number of allylic oxidation sites excluding steroid dienone is 3. The van der Waals surface area contributed by atoms with Gasteiger partial charge in [-0.2, -0.15) is 5.26 Å². The number of halogens is 1. The molecule has 0 saturated carbocycles. The molecule has 1 aliphatic heterocycles. The van der Waals surface area contributed by atoms with Crippen molar-refractivity contribution in [2.75, 3.05) is 13.2 Å². The van der Waals surface area contributed by atoms with Crippen molar-refractivity contribution in [1.82, 2.24) is 0 Å². The maximum atomic E-state index is 13.1. The molecule has 2 N–H and O–H groups in total. The van der Waals surface area contributed by atoms with Gasteiger partial charge in [-0.25, -0.2) is 0 Å². The number of nitriles is 1. The average molecular weight is 429 g/mol. The minimum atomic E-state index is -0.720. The Hall–Kier alpha value is -2.91. The molecular weight excluding hydrogens is 404 g/mol. The Morgan fingerprint density at radius 1 is 1.37 bits per heavy atom. The number of hydrogen-bond donors (Lipinski definition) is 1. The quantitative estimate of drug-likeness (QED) is 0.656. The van der Waals surface area contributed by atoms with Crippen LogP contribution < -0.4 is 15.2 Å². The molecule has 1 heterocycles. The number of benzene rings is 1. The SMILES string of the molecule is C=CCOc1cc(Cl)c([C@@H]2C(C#N)=C(N)OC3=C2C(=O)CC(C)(C)C3)cc1OCC. The highest BCUT2D eigenvalue weighted by Gasteiger charge is 2.43. The summed E-state index contributed by atoms with van der Waals surface area (Å²) in [5, 5.41) is 10.1. The minimum Gasteiger partial charge on any atom is -0.490 e. The van der Waals surface area contributed by atoms with Crippen molar-refractivity contribution in [3.8, 4) is 17.6 Å². The zero-order valence-electron chi connectivity index (χ0n) is 17.4. The number of nitrogens with zero attached hydrogens (tertiary/aromatic N) is 1. The van der Waals surface area contributed by atoms with Crippen LogP contribution in [0.25, 0.3) is 0 Å². The Kier molecular flexibility index (Phi) is 6.14. The van der Waals surface area contributed by atoms with Crippen LogP contribution in [0.4, 0.5) is 0 Å². The number of carbonyl (C=O) groups excluding carboxylic acids is 1. The molecule has 0 amide bonds. The van der Waals surface area contributed by atoms with Crippen molar-refractivity contribution in [1.29, 1.82) is 5.26 Å². The molecule has 3 rings (SSSR count). The number of carbonyl (C=O) groups is 1. The van der Waals surface area contributed by atoms with Crippen molar-refractivity contribution in [2.24, 2.45) is 11.1 Å². The summed E-state index contributed by atoms with van der Waals surface area (Å²) in [6, 6.07) is 5.44. The van der Waals surface area contributed by atoms with Crippen LogP contribution in [0.5, 0.6) is 11.5 Å². The van der Waals surface area contributed by atoms with Crippen LogP contribution in [0.15, 0.2) is 47.6 Å². The van der Waals surface area contributed by atoms with Gasteiger partial charge in [0.15, 0.2) is 17.3 Å². The molecule has 1 aromatic rings. The Balaban J connectivity index is 2.20. The Morgan fingerprint density at radius 2 is 2.07 bits per heavy atom. The number of Topliss-reactive ketones (excluding diaryl/α,β-unsaturated/α-hetero) is 1. The first-order chi connectivity index (χ1) is 14.2. The standard InChI is InChI=1S/C23H25ClN2O4/c1-5-7-29-18-9-15(24)13(8-17(18)28-6-2)20-14(12-25)22(26)30-19-11-23(3,4)10-16(27)21(19)20/h5,8-9,20H,1,6-7,10-11,26H2,2-4H3/t20-/m1/s1. The number of nitrogens with two attached hydrogens (primary N) is 1. The van der Waals surface area contributed by atoms with Crippen LogP contribution in [0.2, 0.25) is 5.02 Å². The van der Waals surface area contributed by atoms with Gasteiger partial charge in [-0.05, 0) is 24.0 Å². The molecule has 0 bridgehead atoms. The third-order valence-corrected chi connectivity index (χ3v) is 5.43. The molecule has 158 valence electrons. The fourth-order valence-electron chi connectivity index (χ4n) is 3.90. The summed E-state index contributed by atoms with van der Waals surface area (Å²) >= 11 is 6.61. The molecule has 6 nitrogen and oxygen atoms in total. The molecule has 1 aromatic carbocycles. The van der Waals surface area contributed by atoms with Crippen molar-refractivity contribution in [3.05, 3.63) is 58.2 Å². The first-order valence-corrected chi connectivity index (χ1v) is 10.1. The first-order valence-electron chi connectivity index (χ1n) is 9.76.